The quantitative estimate of drug-likeness (QED) is 0.660. The zero-order valence-corrected chi connectivity index (χ0v) is 9.94. The second kappa shape index (κ2) is 3.15. The van der Waals surface area contributed by atoms with Crippen molar-refractivity contribution in [2.75, 3.05) is 0 Å². The highest BCUT2D eigenvalue weighted by molar-refractivity contribution is 6.51. The number of benzene rings is 1. The van der Waals surface area contributed by atoms with Crippen LogP contribution in [0, 0.1) is 5.41 Å². The van der Waals surface area contributed by atoms with Gasteiger partial charge in [0.05, 0.1) is 0 Å². The van der Waals surface area contributed by atoms with Crippen LogP contribution in [0.25, 0.3) is 0 Å². The molecule has 0 spiro atoms. The van der Waals surface area contributed by atoms with Gasteiger partial charge in [0.1, 0.15) is 4.33 Å². The maximum Gasteiger partial charge on any atom is 0.125 e. The predicted molar refractivity (Wildman–Crippen MR) is 62.0 cm³/mol. The van der Waals surface area contributed by atoms with Gasteiger partial charge >= 0.3 is 0 Å². The molecule has 0 heterocycles. The van der Waals surface area contributed by atoms with E-state index in [1.54, 1.807) is 0 Å². The highest BCUT2D eigenvalue weighted by Crippen LogP contribution is 2.69. The van der Waals surface area contributed by atoms with E-state index in [0.717, 1.165) is 6.42 Å². The number of alkyl halides is 2. The Morgan fingerprint density at radius 2 is 1.71 bits per heavy atom. The van der Waals surface area contributed by atoms with Crippen LogP contribution in [0.2, 0.25) is 0 Å². The molecule has 0 N–H and O–H groups in total. The van der Waals surface area contributed by atoms with Crippen molar-refractivity contribution in [2.45, 2.75) is 30.5 Å². The smallest absolute Gasteiger partial charge is 0.101 e. The molecule has 2 heteroatoms. The summed E-state index contributed by atoms with van der Waals surface area (Å²) in [5, 5.41) is 0. The molecule has 0 aromatic heterocycles. The first-order valence-electron chi connectivity index (χ1n) is 4.90. The van der Waals surface area contributed by atoms with Crippen molar-refractivity contribution in [1.29, 1.82) is 0 Å². The van der Waals surface area contributed by atoms with Gasteiger partial charge in [-0.3, -0.25) is 0 Å². The Kier molecular flexibility index (Phi) is 2.32. The summed E-state index contributed by atoms with van der Waals surface area (Å²) in [5.74, 6) is 0.415. The van der Waals surface area contributed by atoms with E-state index in [1.807, 2.05) is 6.07 Å². The highest BCUT2D eigenvalue weighted by Gasteiger charge is 2.65. The summed E-state index contributed by atoms with van der Waals surface area (Å²) in [6.45, 7) is 4.35. The zero-order valence-electron chi connectivity index (χ0n) is 8.43. The van der Waals surface area contributed by atoms with Crippen molar-refractivity contribution in [3.05, 3.63) is 35.9 Å². The summed E-state index contributed by atoms with van der Waals surface area (Å²) in [6, 6.07) is 10.4. The lowest BCUT2D eigenvalue weighted by atomic mass is 9.86. The average Bonchev–Trinajstić information content (AvgIpc) is 2.68. The van der Waals surface area contributed by atoms with Crippen molar-refractivity contribution < 1.29 is 0 Å². The third-order valence-corrected chi connectivity index (χ3v) is 4.69. The topological polar surface area (TPSA) is 0 Å². The van der Waals surface area contributed by atoms with E-state index >= 15 is 0 Å². The minimum Gasteiger partial charge on any atom is -0.101 e. The number of hydrogen-bond acceptors (Lipinski definition) is 0. The van der Waals surface area contributed by atoms with E-state index < -0.39 is 4.33 Å². The van der Waals surface area contributed by atoms with Gasteiger partial charge in [-0.2, -0.15) is 0 Å². The Hall–Kier alpha value is -0.200. The first kappa shape index (κ1) is 10.3. The Balaban J connectivity index is 2.23. The van der Waals surface area contributed by atoms with Crippen LogP contribution in [-0.4, -0.2) is 4.33 Å². The van der Waals surface area contributed by atoms with Gasteiger partial charge in [-0.25, -0.2) is 0 Å². The Bertz CT molecular complexity index is 331. The van der Waals surface area contributed by atoms with Crippen LogP contribution < -0.4 is 0 Å². The molecule has 1 aliphatic carbocycles. The molecule has 1 aromatic rings. The minimum atomic E-state index is -0.526. The fraction of sp³-hybridized carbons (Fsp3) is 0.500. The third kappa shape index (κ3) is 1.45. The molecule has 14 heavy (non-hydrogen) atoms. The van der Waals surface area contributed by atoms with E-state index in [4.69, 9.17) is 23.2 Å². The van der Waals surface area contributed by atoms with Gasteiger partial charge in [-0.05, 0) is 17.9 Å². The van der Waals surface area contributed by atoms with Crippen LogP contribution in [0.3, 0.4) is 0 Å². The van der Waals surface area contributed by atoms with E-state index in [-0.39, 0.29) is 5.41 Å². The van der Waals surface area contributed by atoms with Crippen LogP contribution >= 0.6 is 23.2 Å². The molecule has 2 rings (SSSR count). The fourth-order valence-corrected chi connectivity index (χ4v) is 2.88. The molecule has 2 unspecified atom stereocenters. The lowest BCUT2D eigenvalue weighted by molar-refractivity contribution is 0.462. The monoisotopic (exact) mass is 228 g/mol. The van der Waals surface area contributed by atoms with E-state index in [1.165, 1.54) is 5.56 Å². The molecule has 0 aliphatic heterocycles. The molecule has 0 radical (unpaired) electrons. The summed E-state index contributed by atoms with van der Waals surface area (Å²) < 4.78 is -0.526. The first-order valence-corrected chi connectivity index (χ1v) is 5.66. The number of rotatable bonds is 2. The van der Waals surface area contributed by atoms with Gasteiger partial charge in [0.2, 0.25) is 0 Å². The SMILES string of the molecule is CC(c1ccccc1)C1(C)CC1(Cl)Cl. The maximum absolute atomic E-state index is 6.16. The Morgan fingerprint density at radius 1 is 1.21 bits per heavy atom. The highest BCUT2D eigenvalue weighted by atomic mass is 35.5. The van der Waals surface area contributed by atoms with Crippen LogP contribution in [0.4, 0.5) is 0 Å². The van der Waals surface area contributed by atoms with Crippen LogP contribution in [0.5, 0.6) is 0 Å². The van der Waals surface area contributed by atoms with Crippen molar-refractivity contribution in [3.8, 4) is 0 Å². The van der Waals surface area contributed by atoms with E-state index in [0.29, 0.717) is 5.92 Å². The molecule has 0 bridgehead atoms. The molecule has 0 nitrogen and oxygen atoms in total. The molecule has 1 aliphatic rings. The van der Waals surface area contributed by atoms with Crippen molar-refractivity contribution in [3.63, 3.8) is 0 Å². The lowest BCUT2D eigenvalue weighted by Crippen LogP contribution is -2.13. The molecular formula is C12H14Cl2. The molecule has 0 amide bonds. The molecule has 1 fully saturated rings. The summed E-state index contributed by atoms with van der Waals surface area (Å²) in [6.07, 6.45) is 0.888. The molecule has 0 saturated heterocycles. The normalized spacial score (nSPS) is 31.1. The summed E-state index contributed by atoms with van der Waals surface area (Å²) in [4.78, 5) is 0. The Morgan fingerprint density at radius 3 is 2.14 bits per heavy atom. The van der Waals surface area contributed by atoms with Crippen molar-refractivity contribution in [2.24, 2.45) is 5.41 Å². The van der Waals surface area contributed by atoms with Gasteiger partial charge in [0.25, 0.3) is 0 Å². The zero-order chi connectivity index (χ0) is 10.4. The molecule has 1 aromatic carbocycles. The first-order chi connectivity index (χ1) is 6.47. The van der Waals surface area contributed by atoms with Gasteiger partial charge in [-0.15, -0.1) is 23.2 Å². The van der Waals surface area contributed by atoms with Gasteiger partial charge in [0, 0.05) is 5.41 Å². The molecule has 76 valence electrons. The fourth-order valence-electron chi connectivity index (χ4n) is 2.00. The standard InChI is InChI=1S/C12H14Cl2/c1-9(10-6-4-3-5-7-10)11(2)8-12(11,13)14/h3-7,9H,8H2,1-2H3. The van der Waals surface area contributed by atoms with Crippen LogP contribution in [0.15, 0.2) is 30.3 Å². The van der Waals surface area contributed by atoms with E-state index in [9.17, 15) is 0 Å². The van der Waals surface area contributed by atoms with Crippen molar-refractivity contribution in [1.82, 2.24) is 0 Å². The average molecular weight is 229 g/mol. The number of halogens is 2. The van der Waals surface area contributed by atoms with Gasteiger partial charge < -0.3 is 0 Å². The van der Waals surface area contributed by atoms with Crippen molar-refractivity contribution >= 4 is 23.2 Å². The Labute approximate surface area is 95.2 Å². The summed E-state index contributed by atoms with van der Waals surface area (Å²) >= 11 is 12.3. The minimum absolute atomic E-state index is 0.0392. The second-order valence-corrected chi connectivity index (χ2v) is 5.91. The lowest BCUT2D eigenvalue weighted by Gasteiger charge is -2.21. The summed E-state index contributed by atoms with van der Waals surface area (Å²) in [7, 11) is 0. The second-order valence-electron chi connectivity index (χ2n) is 4.43. The largest absolute Gasteiger partial charge is 0.125 e. The van der Waals surface area contributed by atoms with Gasteiger partial charge in [-0.1, -0.05) is 44.2 Å². The third-order valence-electron chi connectivity index (χ3n) is 3.56. The van der Waals surface area contributed by atoms with Crippen LogP contribution in [0.1, 0.15) is 31.7 Å². The maximum atomic E-state index is 6.16. The van der Waals surface area contributed by atoms with Crippen LogP contribution in [-0.2, 0) is 0 Å². The number of hydrogen-bond donors (Lipinski definition) is 0. The summed E-state index contributed by atoms with van der Waals surface area (Å²) in [5.41, 5.74) is 1.36. The molecular weight excluding hydrogens is 215 g/mol. The molecule has 1 saturated carbocycles. The molecule has 2 atom stereocenters. The van der Waals surface area contributed by atoms with Gasteiger partial charge in [0.15, 0.2) is 0 Å². The predicted octanol–water partition coefficient (Wildman–Crippen LogP) is 4.37. The van der Waals surface area contributed by atoms with E-state index in [2.05, 4.69) is 38.1 Å².